The number of carboxylic acids is 1. The lowest BCUT2D eigenvalue weighted by molar-refractivity contribution is 0.0697. The second kappa shape index (κ2) is 5.88. The summed E-state index contributed by atoms with van der Waals surface area (Å²) >= 11 is 5.72. The van der Waals surface area contributed by atoms with Gasteiger partial charge in [-0.25, -0.2) is 17.9 Å². The molecule has 2 rings (SSSR count). The van der Waals surface area contributed by atoms with Crippen molar-refractivity contribution in [2.45, 2.75) is 17.9 Å². The molecule has 1 aromatic carbocycles. The summed E-state index contributed by atoms with van der Waals surface area (Å²) in [6.45, 7) is 1.62. The molecule has 0 saturated carbocycles. The van der Waals surface area contributed by atoms with Crippen LogP contribution in [0.2, 0.25) is 5.02 Å². The fourth-order valence-electron chi connectivity index (χ4n) is 1.73. The van der Waals surface area contributed by atoms with Crippen LogP contribution in [0.5, 0.6) is 0 Å². The van der Waals surface area contributed by atoms with Crippen molar-refractivity contribution in [2.24, 2.45) is 0 Å². The predicted molar refractivity (Wildman–Crippen MR) is 75.9 cm³/mol. The first kappa shape index (κ1) is 15.6. The number of hydrogen-bond donors (Lipinski definition) is 2. The van der Waals surface area contributed by atoms with Crippen LogP contribution in [0.25, 0.3) is 0 Å². The van der Waals surface area contributed by atoms with Gasteiger partial charge in [-0.2, -0.15) is 0 Å². The first-order valence-corrected chi connectivity index (χ1v) is 7.76. The number of hydrogen-bond acceptors (Lipinski definition) is 4. The Morgan fingerprint density at radius 1 is 1.38 bits per heavy atom. The van der Waals surface area contributed by atoms with Crippen LogP contribution < -0.4 is 4.72 Å². The maximum atomic E-state index is 12.2. The second-order valence-electron chi connectivity index (χ2n) is 4.31. The molecule has 8 heteroatoms. The molecular weight excluding hydrogens is 318 g/mol. The highest BCUT2D eigenvalue weighted by molar-refractivity contribution is 7.89. The van der Waals surface area contributed by atoms with Crippen molar-refractivity contribution in [3.8, 4) is 0 Å². The molecule has 0 spiro atoms. The normalized spacial score (nSPS) is 13.0. The monoisotopic (exact) mass is 329 g/mol. The number of sulfonamides is 1. The molecule has 6 nitrogen and oxygen atoms in total. The Balaban J connectivity index is 2.32. The van der Waals surface area contributed by atoms with Crippen LogP contribution in [0.4, 0.5) is 0 Å². The SMILES string of the molecule is C[C@H](NS(=O)(=O)c1ccc(Cl)c(C(=O)O)c1)c1ccco1. The standard InChI is InChI=1S/C13H12ClNO5S/c1-8(12-3-2-6-20-12)15-21(18,19)9-4-5-11(14)10(7-9)13(16)17/h2-8,15H,1H3,(H,16,17)/t8-/m0/s1. The Morgan fingerprint density at radius 3 is 2.67 bits per heavy atom. The average molecular weight is 330 g/mol. The summed E-state index contributed by atoms with van der Waals surface area (Å²) in [5.41, 5.74) is -0.273. The molecule has 0 saturated heterocycles. The number of rotatable bonds is 5. The van der Waals surface area contributed by atoms with Gasteiger partial charge < -0.3 is 9.52 Å². The molecule has 2 N–H and O–H groups in total. The molecule has 0 aliphatic rings. The largest absolute Gasteiger partial charge is 0.478 e. The van der Waals surface area contributed by atoms with E-state index in [1.165, 1.54) is 18.4 Å². The van der Waals surface area contributed by atoms with E-state index in [0.29, 0.717) is 5.76 Å². The molecule has 21 heavy (non-hydrogen) atoms. The lowest BCUT2D eigenvalue weighted by Gasteiger charge is -2.12. The molecule has 0 unspecified atom stereocenters. The van der Waals surface area contributed by atoms with Crippen LogP contribution in [0.3, 0.4) is 0 Å². The van der Waals surface area contributed by atoms with Crippen LogP contribution in [0.1, 0.15) is 29.1 Å². The van der Waals surface area contributed by atoms with Crippen molar-refractivity contribution < 1.29 is 22.7 Å². The van der Waals surface area contributed by atoms with Crippen LogP contribution >= 0.6 is 11.6 Å². The molecule has 112 valence electrons. The summed E-state index contributed by atoms with van der Waals surface area (Å²) < 4.78 is 32.0. The predicted octanol–water partition coefficient (Wildman–Crippen LogP) is 2.67. The first-order chi connectivity index (χ1) is 9.81. The third-order valence-corrected chi connectivity index (χ3v) is 4.65. The van der Waals surface area contributed by atoms with E-state index in [9.17, 15) is 13.2 Å². The van der Waals surface area contributed by atoms with Gasteiger partial charge in [0.05, 0.1) is 27.8 Å². The smallest absolute Gasteiger partial charge is 0.337 e. The Bertz CT molecular complexity index is 755. The summed E-state index contributed by atoms with van der Waals surface area (Å²) in [5, 5.41) is 8.95. The summed E-state index contributed by atoms with van der Waals surface area (Å²) in [6.07, 6.45) is 1.44. The zero-order valence-corrected chi connectivity index (χ0v) is 12.5. The number of nitrogens with one attached hydrogen (secondary N) is 1. The third-order valence-electron chi connectivity index (χ3n) is 2.78. The van der Waals surface area contributed by atoms with Crippen molar-refractivity contribution in [2.75, 3.05) is 0 Å². The summed E-state index contributed by atoms with van der Waals surface area (Å²) in [4.78, 5) is 10.8. The van der Waals surface area contributed by atoms with Gasteiger partial charge in [0.15, 0.2) is 0 Å². The molecule has 1 aromatic heterocycles. The van der Waals surface area contributed by atoms with E-state index in [1.54, 1.807) is 19.1 Å². The summed E-state index contributed by atoms with van der Waals surface area (Å²) in [6, 6.07) is 6.18. The van der Waals surface area contributed by atoms with Crippen LogP contribution in [-0.2, 0) is 10.0 Å². The van der Waals surface area contributed by atoms with Gasteiger partial charge in [-0.15, -0.1) is 0 Å². The van der Waals surface area contributed by atoms with Gasteiger partial charge in [0.2, 0.25) is 10.0 Å². The topological polar surface area (TPSA) is 96.6 Å². The van der Waals surface area contributed by atoms with Crippen LogP contribution in [-0.4, -0.2) is 19.5 Å². The highest BCUT2D eigenvalue weighted by Gasteiger charge is 2.22. The van der Waals surface area contributed by atoms with E-state index in [0.717, 1.165) is 6.07 Å². The van der Waals surface area contributed by atoms with Crippen molar-refractivity contribution in [1.82, 2.24) is 4.72 Å². The van der Waals surface area contributed by atoms with Gasteiger partial charge in [-0.05, 0) is 37.3 Å². The van der Waals surface area contributed by atoms with Crippen LogP contribution in [0.15, 0.2) is 45.9 Å². The average Bonchev–Trinajstić information content (AvgIpc) is 2.92. The Kier molecular flexibility index (Phi) is 4.36. The molecule has 0 amide bonds. The van der Waals surface area contributed by atoms with E-state index in [4.69, 9.17) is 21.1 Å². The van der Waals surface area contributed by atoms with Crippen molar-refractivity contribution in [1.29, 1.82) is 0 Å². The fourth-order valence-corrected chi connectivity index (χ4v) is 3.17. The van der Waals surface area contributed by atoms with Crippen LogP contribution in [0, 0.1) is 0 Å². The number of halogens is 1. The molecule has 2 aromatic rings. The molecule has 0 aliphatic carbocycles. The van der Waals surface area contributed by atoms with Gasteiger partial charge in [0.25, 0.3) is 0 Å². The van der Waals surface area contributed by atoms with Crippen molar-refractivity contribution >= 4 is 27.6 Å². The minimum absolute atomic E-state index is 0.0273. The lowest BCUT2D eigenvalue weighted by atomic mass is 10.2. The summed E-state index contributed by atoms with van der Waals surface area (Å²) in [7, 11) is -3.89. The van der Waals surface area contributed by atoms with Gasteiger partial charge >= 0.3 is 5.97 Å². The highest BCUT2D eigenvalue weighted by Crippen LogP contribution is 2.22. The van der Waals surface area contributed by atoms with Gasteiger partial charge in [0.1, 0.15) is 5.76 Å². The zero-order valence-electron chi connectivity index (χ0n) is 10.9. The Labute approximate surface area is 126 Å². The minimum atomic E-state index is -3.89. The number of carboxylic acid groups (broad SMARTS) is 1. The van der Waals surface area contributed by atoms with Gasteiger partial charge in [-0.3, -0.25) is 0 Å². The molecule has 0 fully saturated rings. The highest BCUT2D eigenvalue weighted by atomic mass is 35.5. The third kappa shape index (κ3) is 3.44. The lowest BCUT2D eigenvalue weighted by Crippen LogP contribution is -2.26. The molecule has 0 aliphatic heterocycles. The number of benzene rings is 1. The molecule has 0 radical (unpaired) electrons. The first-order valence-electron chi connectivity index (χ1n) is 5.90. The van der Waals surface area contributed by atoms with E-state index >= 15 is 0 Å². The maximum Gasteiger partial charge on any atom is 0.337 e. The molecule has 1 atom stereocenters. The Morgan fingerprint density at radius 2 is 2.10 bits per heavy atom. The summed E-state index contributed by atoms with van der Waals surface area (Å²) in [5.74, 6) is -0.845. The number of furan rings is 1. The van der Waals surface area contributed by atoms with E-state index in [1.807, 2.05) is 0 Å². The molecule has 0 bridgehead atoms. The van der Waals surface area contributed by atoms with Crippen molar-refractivity contribution in [3.63, 3.8) is 0 Å². The minimum Gasteiger partial charge on any atom is -0.478 e. The van der Waals surface area contributed by atoms with Gasteiger partial charge in [-0.1, -0.05) is 11.6 Å². The zero-order chi connectivity index (χ0) is 15.6. The molecule has 1 heterocycles. The van der Waals surface area contributed by atoms with E-state index < -0.39 is 22.0 Å². The maximum absolute atomic E-state index is 12.2. The van der Waals surface area contributed by atoms with E-state index in [-0.39, 0.29) is 15.5 Å². The van der Waals surface area contributed by atoms with Gasteiger partial charge in [0, 0.05) is 0 Å². The second-order valence-corrected chi connectivity index (χ2v) is 6.43. The molecular formula is C13H12ClNO5S. The Hall–Kier alpha value is -1.83. The fraction of sp³-hybridized carbons (Fsp3) is 0.154. The number of aromatic carboxylic acids is 1. The number of carbonyl (C=O) groups is 1. The quantitative estimate of drug-likeness (QED) is 0.879. The van der Waals surface area contributed by atoms with Crippen molar-refractivity contribution in [3.05, 3.63) is 52.9 Å². The van der Waals surface area contributed by atoms with E-state index in [2.05, 4.69) is 4.72 Å².